The molecule has 0 atom stereocenters. The minimum atomic E-state index is -0.761. The van der Waals surface area contributed by atoms with Crippen molar-refractivity contribution in [1.82, 2.24) is 9.13 Å². The Kier molecular flexibility index (Phi) is 6.53. The Morgan fingerprint density at radius 2 is 0.950 bits per heavy atom. The Balaban J connectivity index is 1.95. The monoisotopic (exact) mass is 540 g/mol. The zero-order valence-electron chi connectivity index (χ0n) is 23.5. The predicted molar refractivity (Wildman–Crippen MR) is 157 cm³/mol. The van der Waals surface area contributed by atoms with Crippen LogP contribution in [0.3, 0.4) is 0 Å². The SMILES string of the molecule is CCC(C)(C)OC(=O)n1c2ccccc2c(=O)c2cc3c(cc21)c(=O)c1ccccc1n3C(=O)OC(C)(C)CC. The van der Waals surface area contributed by atoms with E-state index in [1.54, 1.807) is 76.2 Å². The van der Waals surface area contributed by atoms with Gasteiger partial charge in [-0.1, -0.05) is 38.1 Å². The lowest BCUT2D eigenvalue weighted by atomic mass is 10.0. The minimum Gasteiger partial charge on any atom is -0.443 e. The first-order valence-corrected chi connectivity index (χ1v) is 13.4. The summed E-state index contributed by atoms with van der Waals surface area (Å²) < 4.78 is 14.3. The van der Waals surface area contributed by atoms with Gasteiger partial charge >= 0.3 is 12.2 Å². The molecule has 0 radical (unpaired) electrons. The summed E-state index contributed by atoms with van der Waals surface area (Å²) in [6, 6.07) is 16.5. The third kappa shape index (κ3) is 4.43. The molecule has 0 aliphatic rings. The maximum atomic E-state index is 13.8. The lowest BCUT2D eigenvalue weighted by molar-refractivity contribution is 0.0374. The summed E-state index contributed by atoms with van der Waals surface area (Å²) in [5.41, 5.74) is -1.03. The van der Waals surface area contributed by atoms with Gasteiger partial charge in [-0.05, 0) is 76.9 Å². The van der Waals surface area contributed by atoms with Gasteiger partial charge < -0.3 is 9.47 Å². The first-order chi connectivity index (χ1) is 18.9. The van der Waals surface area contributed by atoms with Crippen molar-refractivity contribution in [3.8, 4) is 0 Å². The van der Waals surface area contributed by atoms with Crippen molar-refractivity contribution in [2.24, 2.45) is 0 Å². The molecule has 0 amide bonds. The summed E-state index contributed by atoms with van der Waals surface area (Å²) in [4.78, 5) is 54.8. The smallest absolute Gasteiger partial charge is 0.419 e. The van der Waals surface area contributed by atoms with Crippen LogP contribution in [0.2, 0.25) is 0 Å². The summed E-state index contributed by atoms with van der Waals surface area (Å²) in [6.07, 6.45) is -0.190. The fourth-order valence-electron chi connectivity index (χ4n) is 4.68. The average molecular weight is 541 g/mol. The van der Waals surface area contributed by atoms with E-state index < -0.39 is 23.4 Å². The van der Waals surface area contributed by atoms with E-state index in [2.05, 4.69) is 0 Å². The largest absolute Gasteiger partial charge is 0.443 e. The van der Waals surface area contributed by atoms with Crippen LogP contribution < -0.4 is 10.9 Å². The first-order valence-electron chi connectivity index (χ1n) is 13.4. The number of benzene rings is 3. The third-order valence-corrected chi connectivity index (χ3v) is 7.66. The van der Waals surface area contributed by atoms with Gasteiger partial charge in [0.15, 0.2) is 10.9 Å². The number of fused-ring (bicyclic) bond motifs is 4. The molecule has 0 aliphatic heterocycles. The number of hydrogen-bond donors (Lipinski definition) is 0. The molecule has 2 aromatic heterocycles. The summed E-state index contributed by atoms with van der Waals surface area (Å²) in [5.74, 6) is 0. The molecule has 3 aromatic carbocycles. The topological polar surface area (TPSA) is 96.6 Å². The maximum Gasteiger partial charge on any atom is 0.419 e. The number of rotatable bonds is 4. The van der Waals surface area contributed by atoms with Crippen molar-refractivity contribution >= 4 is 55.8 Å². The highest BCUT2D eigenvalue weighted by atomic mass is 16.6. The molecule has 40 heavy (non-hydrogen) atoms. The van der Waals surface area contributed by atoms with E-state index in [0.717, 1.165) is 0 Å². The molecule has 5 aromatic rings. The molecule has 0 bridgehead atoms. The molecule has 0 fully saturated rings. The maximum absolute atomic E-state index is 13.8. The van der Waals surface area contributed by atoms with Crippen molar-refractivity contribution in [3.05, 3.63) is 81.1 Å². The number of nitrogens with zero attached hydrogens (tertiary/aromatic N) is 2. The summed E-state index contributed by atoms with van der Waals surface area (Å²) >= 11 is 0. The molecule has 0 saturated carbocycles. The molecular weight excluding hydrogens is 508 g/mol. The van der Waals surface area contributed by atoms with E-state index in [1.165, 1.54) is 21.3 Å². The zero-order valence-corrected chi connectivity index (χ0v) is 23.5. The Hall–Kier alpha value is -4.46. The molecular formula is C32H32N2O6. The van der Waals surface area contributed by atoms with Gasteiger partial charge in [0.05, 0.1) is 22.1 Å². The molecule has 8 heteroatoms. The predicted octanol–water partition coefficient (Wildman–Crippen LogP) is 6.97. The van der Waals surface area contributed by atoms with Crippen molar-refractivity contribution < 1.29 is 19.1 Å². The quantitative estimate of drug-likeness (QED) is 0.228. The van der Waals surface area contributed by atoms with Crippen molar-refractivity contribution in [2.75, 3.05) is 0 Å². The van der Waals surface area contributed by atoms with E-state index in [0.29, 0.717) is 34.6 Å². The number of hydrogen-bond acceptors (Lipinski definition) is 6. The van der Waals surface area contributed by atoms with Crippen LogP contribution in [0.15, 0.2) is 70.3 Å². The molecule has 0 saturated heterocycles. The lowest BCUT2D eigenvalue weighted by Gasteiger charge is -2.26. The highest BCUT2D eigenvalue weighted by Gasteiger charge is 2.27. The van der Waals surface area contributed by atoms with Gasteiger partial charge in [-0.25, -0.2) is 18.7 Å². The van der Waals surface area contributed by atoms with Crippen molar-refractivity contribution in [2.45, 2.75) is 65.6 Å². The van der Waals surface area contributed by atoms with Crippen LogP contribution in [-0.2, 0) is 9.47 Å². The minimum absolute atomic E-state index is 0.170. The second kappa shape index (κ2) is 9.62. The summed E-state index contributed by atoms with van der Waals surface area (Å²) in [6.45, 7) is 11.1. The fraction of sp³-hybridized carbons (Fsp3) is 0.312. The number of para-hydroxylation sites is 2. The highest BCUT2D eigenvalue weighted by molar-refractivity contribution is 6.09. The Bertz CT molecular complexity index is 1820. The second-order valence-corrected chi connectivity index (χ2v) is 11.2. The molecule has 2 heterocycles. The molecule has 5 rings (SSSR count). The highest BCUT2D eigenvalue weighted by Crippen LogP contribution is 2.28. The van der Waals surface area contributed by atoms with Gasteiger partial charge in [-0.2, -0.15) is 0 Å². The van der Waals surface area contributed by atoms with E-state index in [4.69, 9.17) is 9.47 Å². The van der Waals surface area contributed by atoms with Crippen molar-refractivity contribution in [1.29, 1.82) is 0 Å². The number of carbonyl (C=O) groups is 2. The third-order valence-electron chi connectivity index (χ3n) is 7.66. The lowest BCUT2D eigenvalue weighted by Crippen LogP contribution is -2.31. The van der Waals surface area contributed by atoms with Crippen molar-refractivity contribution in [3.63, 3.8) is 0 Å². The van der Waals surface area contributed by atoms with E-state index in [1.807, 2.05) is 13.8 Å². The van der Waals surface area contributed by atoms with Gasteiger partial charge in [-0.3, -0.25) is 9.59 Å². The van der Waals surface area contributed by atoms with Crippen LogP contribution >= 0.6 is 0 Å². The molecule has 0 N–H and O–H groups in total. The number of carbonyl (C=O) groups excluding carboxylic acids is 2. The van der Waals surface area contributed by atoms with E-state index in [-0.39, 0.29) is 32.7 Å². The van der Waals surface area contributed by atoms with Gasteiger partial charge in [0.25, 0.3) is 0 Å². The zero-order chi connectivity index (χ0) is 29.0. The van der Waals surface area contributed by atoms with Crippen LogP contribution in [0.5, 0.6) is 0 Å². The number of pyridine rings is 2. The van der Waals surface area contributed by atoms with Gasteiger partial charge in [0, 0.05) is 21.5 Å². The Morgan fingerprint density at radius 3 is 1.30 bits per heavy atom. The van der Waals surface area contributed by atoms with Crippen LogP contribution in [0.25, 0.3) is 43.6 Å². The fourth-order valence-corrected chi connectivity index (χ4v) is 4.68. The number of aromatic nitrogens is 2. The van der Waals surface area contributed by atoms with E-state index in [9.17, 15) is 19.2 Å². The van der Waals surface area contributed by atoms with E-state index >= 15 is 0 Å². The normalized spacial score (nSPS) is 12.3. The average Bonchev–Trinajstić information content (AvgIpc) is 2.92. The second-order valence-electron chi connectivity index (χ2n) is 11.2. The van der Waals surface area contributed by atoms with Crippen LogP contribution in [0.4, 0.5) is 9.59 Å². The van der Waals surface area contributed by atoms with Gasteiger partial charge in [0.1, 0.15) is 11.2 Å². The molecule has 0 aliphatic carbocycles. The Morgan fingerprint density at radius 1 is 0.600 bits per heavy atom. The van der Waals surface area contributed by atoms with Crippen LogP contribution in [0.1, 0.15) is 54.4 Å². The van der Waals surface area contributed by atoms with Crippen LogP contribution in [0, 0.1) is 0 Å². The summed E-state index contributed by atoms with van der Waals surface area (Å²) in [5, 5.41) is 0.960. The number of ether oxygens (including phenoxy) is 2. The van der Waals surface area contributed by atoms with Crippen LogP contribution in [-0.4, -0.2) is 32.5 Å². The molecule has 0 spiro atoms. The molecule has 206 valence electrons. The first kappa shape index (κ1) is 27.1. The van der Waals surface area contributed by atoms with Gasteiger partial charge in [0.2, 0.25) is 0 Å². The molecule has 8 nitrogen and oxygen atoms in total. The Labute approximate surface area is 230 Å². The standard InChI is InChI=1S/C32H32N2O6/c1-7-31(3,4)39-29(37)33-23-15-11-9-13-19(23)27(35)21-18-26-22(17-25(21)33)28(36)20-14-10-12-16-24(20)34(26)30(38)40-32(5,6)8-2/h9-18H,7-8H2,1-6H3. The summed E-state index contributed by atoms with van der Waals surface area (Å²) in [7, 11) is 0. The van der Waals surface area contributed by atoms with Gasteiger partial charge in [-0.15, -0.1) is 0 Å². The molecule has 0 unspecified atom stereocenters.